The van der Waals surface area contributed by atoms with Gasteiger partial charge in [0.05, 0.1) is 18.7 Å². The maximum Gasteiger partial charge on any atom is 0.416 e. The van der Waals surface area contributed by atoms with Crippen molar-refractivity contribution in [1.29, 1.82) is 0 Å². The summed E-state index contributed by atoms with van der Waals surface area (Å²) < 4.78 is 48.5. The molecular formula is C18H26F3N3O2. The zero-order valence-electron chi connectivity index (χ0n) is 15.2. The van der Waals surface area contributed by atoms with E-state index in [0.717, 1.165) is 50.8 Å². The van der Waals surface area contributed by atoms with E-state index in [4.69, 9.17) is 9.47 Å². The Labute approximate surface area is 152 Å². The molecule has 26 heavy (non-hydrogen) atoms. The molecule has 1 N–H and O–H groups in total. The zero-order chi connectivity index (χ0) is 19.0. The standard InChI is InChI=1S/C18H26F3N3O2/c1-3-22-17(24(2)12-14-8-10-25-13-14)23-9-11-26-16-6-4-15(5-7-16)18(19,20)21/h4-7,14H,3,8-13H2,1-2H3,(H,22,23). The van der Waals surface area contributed by atoms with Crippen LogP contribution in [0.2, 0.25) is 0 Å². The van der Waals surface area contributed by atoms with E-state index in [1.807, 2.05) is 14.0 Å². The van der Waals surface area contributed by atoms with Crippen LogP contribution in [0.5, 0.6) is 5.75 Å². The van der Waals surface area contributed by atoms with Gasteiger partial charge in [-0.25, -0.2) is 4.99 Å². The fraction of sp³-hybridized carbons (Fsp3) is 0.611. The molecule has 0 radical (unpaired) electrons. The molecule has 0 amide bonds. The lowest BCUT2D eigenvalue weighted by atomic mass is 10.1. The first kappa shape index (κ1) is 20.4. The van der Waals surface area contributed by atoms with Crippen LogP contribution in [-0.2, 0) is 10.9 Å². The van der Waals surface area contributed by atoms with Gasteiger partial charge in [-0.2, -0.15) is 13.2 Å². The molecule has 1 aliphatic heterocycles. The third-order valence-electron chi connectivity index (χ3n) is 4.06. The number of halogens is 3. The van der Waals surface area contributed by atoms with E-state index in [9.17, 15) is 13.2 Å². The summed E-state index contributed by atoms with van der Waals surface area (Å²) in [4.78, 5) is 6.58. The van der Waals surface area contributed by atoms with Crippen LogP contribution >= 0.6 is 0 Å². The number of nitrogens with zero attached hydrogens (tertiary/aromatic N) is 2. The second-order valence-corrected chi connectivity index (χ2v) is 6.22. The van der Waals surface area contributed by atoms with Gasteiger partial charge >= 0.3 is 6.18 Å². The minimum absolute atomic E-state index is 0.292. The number of guanidine groups is 1. The van der Waals surface area contributed by atoms with Crippen LogP contribution in [0.4, 0.5) is 13.2 Å². The largest absolute Gasteiger partial charge is 0.492 e. The van der Waals surface area contributed by atoms with Gasteiger partial charge in [0.2, 0.25) is 0 Å². The molecule has 0 aliphatic carbocycles. The fourth-order valence-corrected chi connectivity index (χ4v) is 2.73. The summed E-state index contributed by atoms with van der Waals surface area (Å²) in [7, 11) is 1.98. The summed E-state index contributed by atoms with van der Waals surface area (Å²) in [6.07, 6.45) is -3.28. The molecule has 1 fully saturated rings. The summed E-state index contributed by atoms with van der Waals surface area (Å²) in [5.74, 6) is 1.69. The topological polar surface area (TPSA) is 46.1 Å². The monoisotopic (exact) mass is 373 g/mol. The lowest BCUT2D eigenvalue weighted by Crippen LogP contribution is -2.41. The number of alkyl halides is 3. The molecule has 1 atom stereocenters. The lowest BCUT2D eigenvalue weighted by Gasteiger charge is -2.24. The number of ether oxygens (including phenoxy) is 2. The molecule has 1 unspecified atom stereocenters. The maximum absolute atomic E-state index is 12.5. The van der Waals surface area contributed by atoms with E-state index in [2.05, 4.69) is 15.2 Å². The number of aliphatic imine (C=N–C) groups is 1. The zero-order valence-corrected chi connectivity index (χ0v) is 15.2. The van der Waals surface area contributed by atoms with Gasteiger partial charge in [-0.1, -0.05) is 0 Å². The highest BCUT2D eigenvalue weighted by atomic mass is 19.4. The average Bonchev–Trinajstić information content (AvgIpc) is 3.10. The number of hydrogen-bond donors (Lipinski definition) is 1. The summed E-state index contributed by atoms with van der Waals surface area (Å²) >= 11 is 0. The summed E-state index contributed by atoms with van der Waals surface area (Å²) in [5, 5.41) is 3.23. The van der Waals surface area contributed by atoms with Crippen molar-refractivity contribution in [3.05, 3.63) is 29.8 Å². The molecule has 1 heterocycles. The Kier molecular flexibility index (Phi) is 7.56. The second-order valence-electron chi connectivity index (χ2n) is 6.22. The summed E-state index contributed by atoms with van der Waals surface area (Å²) in [6, 6.07) is 4.67. The maximum atomic E-state index is 12.5. The highest BCUT2D eigenvalue weighted by molar-refractivity contribution is 5.79. The Morgan fingerprint density at radius 3 is 2.65 bits per heavy atom. The predicted molar refractivity (Wildman–Crippen MR) is 94.5 cm³/mol. The van der Waals surface area contributed by atoms with Gasteiger partial charge in [-0.3, -0.25) is 0 Å². The van der Waals surface area contributed by atoms with E-state index in [-0.39, 0.29) is 0 Å². The first-order valence-corrected chi connectivity index (χ1v) is 8.77. The molecule has 0 bridgehead atoms. The number of benzene rings is 1. The van der Waals surface area contributed by atoms with Crippen LogP contribution in [0.15, 0.2) is 29.3 Å². The Hall–Kier alpha value is -1.96. The molecule has 5 nitrogen and oxygen atoms in total. The van der Waals surface area contributed by atoms with Gasteiger partial charge in [0.15, 0.2) is 5.96 Å². The van der Waals surface area contributed by atoms with E-state index < -0.39 is 11.7 Å². The van der Waals surface area contributed by atoms with Crippen molar-refractivity contribution in [2.24, 2.45) is 10.9 Å². The van der Waals surface area contributed by atoms with Crippen LogP contribution in [0.25, 0.3) is 0 Å². The average molecular weight is 373 g/mol. The molecule has 1 aromatic rings. The number of hydrogen-bond acceptors (Lipinski definition) is 3. The molecule has 1 aromatic carbocycles. The van der Waals surface area contributed by atoms with Crippen LogP contribution in [0.1, 0.15) is 18.9 Å². The molecule has 2 rings (SSSR count). The molecular weight excluding hydrogens is 347 g/mol. The van der Waals surface area contributed by atoms with E-state index in [0.29, 0.717) is 24.8 Å². The molecule has 1 aliphatic rings. The smallest absolute Gasteiger partial charge is 0.416 e. The van der Waals surface area contributed by atoms with Crippen molar-refractivity contribution in [2.75, 3.05) is 46.5 Å². The molecule has 0 saturated carbocycles. The van der Waals surface area contributed by atoms with Gasteiger partial charge < -0.3 is 19.7 Å². The molecule has 1 saturated heterocycles. The van der Waals surface area contributed by atoms with Gasteiger partial charge in [-0.05, 0) is 37.6 Å². The minimum Gasteiger partial charge on any atom is -0.492 e. The van der Waals surface area contributed by atoms with Crippen LogP contribution in [0.3, 0.4) is 0 Å². The molecule has 0 aromatic heterocycles. The van der Waals surface area contributed by atoms with Crippen molar-refractivity contribution >= 4 is 5.96 Å². The second kappa shape index (κ2) is 9.66. The van der Waals surface area contributed by atoms with Crippen molar-refractivity contribution in [2.45, 2.75) is 19.5 Å². The summed E-state index contributed by atoms with van der Waals surface area (Å²) in [6.45, 7) is 5.92. The first-order valence-electron chi connectivity index (χ1n) is 8.77. The first-order chi connectivity index (χ1) is 12.4. The van der Waals surface area contributed by atoms with Gasteiger partial charge in [-0.15, -0.1) is 0 Å². The van der Waals surface area contributed by atoms with Gasteiger partial charge in [0.25, 0.3) is 0 Å². The Morgan fingerprint density at radius 2 is 2.08 bits per heavy atom. The highest BCUT2D eigenvalue weighted by Crippen LogP contribution is 2.30. The van der Waals surface area contributed by atoms with Crippen molar-refractivity contribution in [1.82, 2.24) is 10.2 Å². The fourth-order valence-electron chi connectivity index (χ4n) is 2.73. The Bertz CT molecular complexity index is 570. The third-order valence-corrected chi connectivity index (χ3v) is 4.06. The van der Waals surface area contributed by atoms with E-state index >= 15 is 0 Å². The Balaban J connectivity index is 1.81. The molecule has 8 heteroatoms. The number of rotatable bonds is 7. The minimum atomic E-state index is -4.33. The quantitative estimate of drug-likeness (QED) is 0.453. The predicted octanol–water partition coefficient (Wildman–Crippen LogP) is 3.02. The van der Waals surface area contributed by atoms with E-state index in [1.165, 1.54) is 12.1 Å². The summed E-state index contributed by atoms with van der Waals surface area (Å²) in [5.41, 5.74) is -0.685. The van der Waals surface area contributed by atoms with E-state index in [1.54, 1.807) is 0 Å². The van der Waals surface area contributed by atoms with Crippen molar-refractivity contribution < 1.29 is 22.6 Å². The van der Waals surface area contributed by atoms with Crippen LogP contribution in [-0.4, -0.2) is 57.4 Å². The third kappa shape index (κ3) is 6.40. The van der Waals surface area contributed by atoms with Crippen LogP contribution < -0.4 is 10.1 Å². The lowest BCUT2D eigenvalue weighted by molar-refractivity contribution is -0.137. The number of nitrogens with one attached hydrogen (secondary N) is 1. The van der Waals surface area contributed by atoms with Crippen LogP contribution in [0, 0.1) is 5.92 Å². The van der Waals surface area contributed by atoms with Crippen molar-refractivity contribution in [3.63, 3.8) is 0 Å². The SMILES string of the molecule is CCNC(=NCCOc1ccc(C(F)(F)F)cc1)N(C)CC1CCOC1. The molecule has 146 valence electrons. The van der Waals surface area contributed by atoms with Crippen molar-refractivity contribution in [3.8, 4) is 5.75 Å². The highest BCUT2D eigenvalue weighted by Gasteiger charge is 2.30. The Morgan fingerprint density at radius 1 is 1.35 bits per heavy atom. The molecule has 0 spiro atoms. The normalized spacial score (nSPS) is 18.0. The van der Waals surface area contributed by atoms with Gasteiger partial charge in [0, 0.05) is 32.7 Å². The van der Waals surface area contributed by atoms with Gasteiger partial charge in [0.1, 0.15) is 12.4 Å².